The molecule has 0 aliphatic heterocycles. The van der Waals surface area contributed by atoms with E-state index in [9.17, 15) is 0 Å². The van der Waals surface area contributed by atoms with Gasteiger partial charge in [0.05, 0.1) is 20.8 Å². The van der Waals surface area contributed by atoms with E-state index in [4.69, 9.17) is 15.2 Å². The Morgan fingerprint density at radius 3 is 2.46 bits per heavy atom. The van der Waals surface area contributed by atoms with Crippen LogP contribution in [0.5, 0.6) is 11.5 Å². The molecule has 0 radical (unpaired) electrons. The maximum atomic E-state index is 6.03. The van der Waals surface area contributed by atoms with E-state index in [0.29, 0.717) is 24.0 Å². The van der Waals surface area contributed by atoms with Crippen molar-refractivity contribution in [2.24, 2.45) is 10.7 Å². The number of nitrogens with one attached hydrogen (secondary N) is 1. The minimum absolute atomic E-state index is 0. The molecule has 0 atom stereocenters. The molecule has 26 heavy (non-hydrogen) atoms. The molecule has 0 saturated heterocycles. The number of ether oxygens (including phenoxy) is 2. The van der Waals surface area contributed by atoms with Crippen LogP contribution in [-0.4, -0.2) is 20.2 Å². The minimum Gasteiger partial charge on any atom is -0.493 e. The molecule has 0 aliphatic carbocycles. The third-order valence-corrected chi connectivity index (χ3v) is 3.96. The van der Waals surface area contributed by atoms with Crippen LogP contribution in [0.2, 0.25) is 0 Å². The molecule has 0 aliphatic rings. The molecule has 3 aromatic rings. The summed E-state index contributed by atoms with van der Waals surface area (Å²) >= 11 is 0. The number of nitrogens with two attached hydrogens (primary N) is 1. The molecule has 0 aromatic heterocycles. The topological polar surface area (TPSA) is 68.9 Å². The summed E-state index contributed by atoms with van der Waals surface area (Å²) in [7, 11) is 3.20. The minimum atomic E-state index is 0. The summed E-state index contributed by atoms with van der Waals surface area (Å²) in [5.41, 5.74) is 7.95. The van der Waals surface area contributed by atoms with Crippen LogP contribution in [-0.2, 0) is 6.54 Å². The highest BCUT2D eigenvalue weighted by molar-refractivity contribution is 14.0. The highest BCUT2D eigenvalue weighted by atomic mass is 127. The first-order valence-corrected chi connectivity index (χ1v) is 7.97. The van der Waals surface area contributed by atoms with Gasteiger partial charge in [0.2, 0.25) is 0 Å². The second-order valence-corrected chi connectivity index (χ2v) is 5.53. The first-order valence-electron chi connectivity index (χ1n) is 7.97. The van der Waals surface area contributed by atoms with Crippen molar-refractivity contribution in [3.63, 3.8) is 0 Å². The number of fused-ring (bicyclic) bond motifs is 1. The Balaban J connectivity index is 0.00000243. The fourth-order valence-corrected chi connectivity index (χ4v) is 2.70. The first kappa shape index (κ1) is 19.8. The summed E-state index contributed by atoms with van der Waals surface area (Å²) < 4.78 is 10.5. The third kappa shape index (κ3) is 4.57. The molecule has 5 nitrogen and oxygen atoms in total. The van der Waals surface area contributed by atoms with E-state index in [0.717, 1.165) is 11.3 Å². The standard InChI is InChI=1S/C20H21N3O2.HI/c1-24-18-11-10-16(12-19(18)25-2)23-20(21)22-13-15-8-5-7-14-6-3-4-9-17(14)15;/h3-12H,13H2,1-2H3,(H3,21,22,23);1H. The van der Waals surface area contributed by atoms with E-state index in [1.165, 1.54) is 10.8 Å². The summed E-state index contributed by atoms with van der Waals surface area (Å²) in [5, 5.41) is 5.46. The van der Waals surface area contributed by atoms with Crippen LogP contribution in [0.25, 0.3) is 10.8 Å². The summed E-state index contributed by atoms with van der Waals surface area (Å²) in [6.45, 7) is 0.507. The Hall–Kier alpha value is -2.48. The van der Waals surface area contributed by atoms with Crippen molar-refractivity contribution in [2.45, 2.75) is 6.54 Å². The number of halogens is 1. The SMILES string of the molecule is COc1ccc(NC(N)=NCc2cccc3ccccc23)cc1OC.I. The van der Waals surface area contributed by atoms with Crippen molar-refractivity contribution in [3.05, 3.63) is 66.2 Å². The molecule has 0 amide bonds. The first-order chi connectivity index (χ1) is 12.2. The Kier molecular flexibility index (Phi) is 7.08. The highest BCUT2D eigenvalue weighted by Gasteiger charge is 2.05. The molecule has 3 N–H and O–H groups in total. The number of benzene rings is 3. The summed E-state index contributed by atoms with van der Waals surface area (Å²) in [5.74, 6) is 1.65. The van der Waals surface area contributed by atoms with Crippen molar-refractivity contribution in [3.8, 4) is 11.5 Å². The quantitative estimate of drug-likeness (QED) is 0.335. The zero-order valence-corrected chi connectivity index (χ0v) is 17.1. The predicted molar refractivity (Wildman–Crippen MR) is 118 cm³/mol. The molecule has 0 unspecified atom stereocenters. The molecule has 0 heterocycles. The Morgan fingerprint density at radius 1 is 0.962 bits per heavy atom. The van der Waals surface area contributed by atoms with Crippen molar-refractivity contribution in [1.82, 2.24) is 0 Å². The van der Waals surface area contributed by atoms with Crippen LogP contribution in [0.3, 0.4) is 0 Å². The van der Waals surface area contributed by atoms with Gasteiger partial charge in [-0.2, -0.15) is 0 Å². The molecule has 3 rings (SSSR count). The molecule has 0 spiro atoms. The van der Waals surface area contributed by atoms with Gasteiger partial charge >= 0.3 is 0 Å². The molecule has 0 saturated carbocycles. The Labute approximate surface area is 170 Å². The average molecular weight is 463 g/mol. The highest BCUT2D eigenvalue weighted by Crippen LogP contribution is 2.29. The summed E-state index contributed by atoms with van der Waals surface area (Å²) in [6.07, 6.45) is 0. The number of guanidine groups is 1. The van der Waals surface area contributed by atoms with E-state index < -0.39 is 0 Å². The average Bonchev–Trinajstić information content (AvgIpc) is 2.66. The van der Waals surface area contributed by atoms with Crippen LogP contribution in [0.4, 0.5) is 5.69 Å². The fourth-order valence-electron chi connectivity index (χ4n) is 2.70. The lowest BCUT2D eigenvalue weighted by Crippen LogP contribution is -2.22. The van der Waals surface area contributed by atoms with Crippen LogP contribution >= 0.6 is 24.0 Å². The van der Waals surface area contributed by atoms with Crippen LogP contribution < -0.4 is 20.5 Å². The number of hydrogen-bond acceptors (Lipinski definition) is 3. The maximum Gasteiger partial charge on any atom is 0.193 e. The van der Waals surface area contributed by atoms with E-state index in [1.807, 2.05) is 36.4 Å². The molecule has 0 bridgehead atoms. The van der Waals surface area contributed by atoms with Gasteiger partial charge < -0.3 is 20.5 Å². The molecule has 0 fully saturated rings. The predicted octanol–water partition coefficient (Wildman–Crippen LogP) is 4.40. The summed E-state index contributed by atoms with van der Waals surface area (Å²) in [4.78, 5) is 4.45. The van der Waals surface area contributed by atoms with Gasteiger partial charge in [0.25, 0.3) is 0 Å². The molecule has 136 valence electrons. The van der Waals surface area contributed by atoms with E-state index >= 15 is 0 Å². The Bertz CT molecular complexity index is 907. The van der Waals surface area contributed by atoms with Gasteiger partial charge in [-0.15, -0.1) is 24.0 Å². The van der Waals surface area contributed by atoms with E-state index in [1.54, 1.807) is 14.2 Å². The van der Waals surface area contributed by atoms with Crippen LogP contribution in [0.1, 0.15) is 5.56 Å². The molecule has 3 aromatic carbocycles. The fraction of sp³-hybridized carbons (Fsp3) is 0.150. The normalized spacial score (nSPS) is 10.9. The van der Waals surface area contributed by atoms with Gasteiger partial charge in [-0.25, -0.2) is 4.99 Å². The van der Waals surface area contributed by atoms with Crippen LogP contribution in [0, 0.1) is 0 Å². The van der Waals surface area contributed by atoms with Gasteiger partial charge in [0.15, 0.2) is 17.5 Å². The lowest BCUT2D eigenvalue weighted by molar-refractivity contribution is 0.355. The maximum absolute atomic E-state index is 6.03. The van der Waals surface area contributed by atoms with Crippen molar-refractivity contribution < 1.29 is 9.47 Å². The van der Waals surface area contributed by atoms with Gasteiger partial charge in [0, 0.05) is 11.8 Å². The smallest absolute Gasteiger partial charge is 0.193 e. The number of rotatable bonds is 5. The van der Waals surface area contributed by atoms with Gasteiger partial charge in [0.1, 0.15) is 0 Å². The summed E-state index contributed by atoms with van der Waals surface area (Å²) in [6, 6.07) is 19.9. The van der Waals surface area contributed by atoms with Gasteiger partial charge in [-0.05, 0) is 28.5 Å². The van der Waals surface area contributed by atoms with Crippen LogP contribution in [0.15, 0.2) is 65.7 Å². The van der Waals surface area contributed by atoms with Gasteiger partial charge in [-0.1, -0.05) is 42.5 Å². The zero-order chi connectivity index (χ0) is 17.6. The lowest BCUT2D eigenvalue weighted by atomic mass is 10.1. The number of anilines is 1. The Morgan fingerprint density at radius 2 is 1.69 bits per heavy atom. The number of nitrogens with zero attached hydrogens (tertiary/aromatic N) is 1. The van der Waals surface area contributed by atoms with Crippen molar-refractivity contribution >= 4 is 46.4 Å². The zero-order valence-electron chi connectivity index (χ0n) is 14.7. The second-order valence-electron chi connectivity index (χ2n) is 5.53. The number of hydrogen-bond donors (Lipinski definition) is 2. The number of aliphatic imine (C=N–C) groups is 1. The largest absolute Gasteiger partial charge is 0.493 e. The van der Waals surface area contributed by atoms with Crippen molar-refractivity contribution in [1.29, 1.82) is 0 Å². The number of methoxy groups -OCH3 is 2. The molecular weight excluding hydrogens is 441 g/mol. The monoisotopic (exact) mass is 463 g/mol. The molecule has 6 heteroatoms. The lowest BCUT2D eigenvalue weighted by Gasteiger charge is -2.11. The van der Waals surface area contributed by atoms with Gasteiger partial charge in [-0.3, -0.25) is 0 Å². The van der Waals surface area contributed by atoms with E-state index in [-0.39, 0.29) is 24.0 Å². The third-order valence-electron chi connectivity index (χ3n) is 3.96. The second kappa shape index (κ2) is 9.28. The molecular formula is C20H22IN3O2. The van der Waals surface area contributed by atoms with E-state index in [2.05, 4.69) is 34.6 Å². The van der Waals surface area contributed by atoms with Crippen molar-refractivity contribution in [2.75, 3.05) is 19.5 Å².